The molecule has 0 aliphatic rings. The Morgan fingerprint density at radius 1 is 1.13 bits per heavy atom. The SMILES string of the molecule is CCCC=C=C=N[C@H](C)CCCCCC. The van der Waals surface area contributed by atoms with Gasteiger partial charge in [0.05, 0.1) is 6.04 Å². The van der Waals surface area contributed by atoms with Gasteiger partial charge in [0.15, 0.2) is 0 Å². The molecule has 0 saturated heterocycles. The van der Waals surface area contributed by atoms with E-state index >= 15 is 0 Å². The molecule has 0 N–H and O–H groups in total. The van der Waals surface area contributed by atoms with Gasteiger partial charge in [0.25, 0.3) is 0 Å². The molecule has 15 heavy (non-hydrogen) atoms. The van der Waals surface area contributed by atoms with E-state index in [1.807, 2.05) is 6.08 Å². The molecule has 0 unspecified atom stereocenters. The zero-order valence-electron chi connectivity index (χ0n) is 10.6. The molecule has 0 aliphatic carbocycles. The summed E-state index contributed by atoms with van der Waals surface area (Å²) in [4.78, 5) is 4.30. The van der Waals surface area contributed by atoms with E-state index in [2.05, 4.69) is 37.4 Å². The van der Waals surface area contributed by atoms with Crippen molar-refractivity contribution < 1.29 is 0 Å². The molecule has 0 aromatic rings. The molecule has 0 fully saturated rings. The molecule has 0 bridgehead atoms. The number of nitrogens with zero attached hydrogens (tertiary/aromatic N) is 1. The molecular formula is C14H25N. The minimum absolute atomic E-state index is 0.407. The normalized spacial score (nSPS) is 11.4. The van der Waals surface area contributed by atoms with Crippen LogP contribution in [0.25, 0.3) is 0 Å². The third-order valence-corrected chi connectivity index (χ3v) is 2.36. The maximum Gasteiger partial charge on any atom is 0.0572 e. The quantitative estimate of drug-likeness (QED) is 0.315. The smallest absolute Gasteiger partial charge is 0.0572 e. The molecule has 1 nitrogen and oxygen atoms in total. The zero-order chi connectivity index (χ0) is 11.4. The van der Waals surface area contributed by atoms with Crippen LogP contribution in [0.5, 0.6) is 0 Å². The molecule has 0 spiro atoms. The highest BCUT2D eigenvalue weighted by Crippen LogP contribution is 2.06. The monoisotopic (exact) mass is 207 g/mol. The van der Waals surface area contributed by atoms with Crippen LogP contribution in [0, 0.1) is 0 Å². The van der Waals surface area contributed by atoms with Gasteiger partial charge in [-0.05, 0) is 25.8 Å². The second kappa shape index (κ2) is 11.3. The van der Waals surface area contributed by atoms with Crippen molar-refractivity contribution in [3.05, 3.63) is 11.8 Å². The lowest BCUT2D eigenvalue weighted by Gasteiger charge is -2.02. The molecule has 0 saturated carbocycles. The molecule has 86 valence electrons. The number of aliphatic imine (C=N–C) groups is 1. The minimum Gasteiger partial charge on any atom is -0.232 e. The number of allylic oxidation sites excluding steroid dienone is 1. The second-order valence-electron chi connectivity index (χ2n) is 4.08. The van der Waals surface area contributed by atoms with Crippen molar-refractivity contribution in [3.8, 4) is 0 Å². The summed E-state index contributed by atoms with van der Waals surface area (Å²) in [5, 5.41) is 0. The first-order chi connectivity index (χ1) is 7.31. The lowest BCUT2D eigenvalue weighted by molar-refractivity contribution is 0.578. The molecule has 0 radical (unpaired) electrons. The number of unbranched alkanes of at least 4 members (excludes halogenated alkanes) is 4. The Morgan fingerprint density at radius 2 is 1.93 bits per heavy atom. The molecule has 0 aromatic heterocycles. The fraction of sp³-hybridized carbons (Fsp3) is 0.786. The Bertz CT molecular complexity index is 217. The Morgan fingerprint density at radius 3 is 2.60 bits per heavy atom. The van der Waals surface area contributed by atoms with Crippen LogP contribution in [0.3, 0.4) is 0 Å². The maximum atomic E-state index is 4.30. The second-order valence-corrected chi connectivity index (χ2v) is 4.08. The average Bonchev–Trinajstić information content (AvgIpc) is 2.24. The van der Waals surface area contributed by atoms with Gasteiger partial charge in [-0.1, -0.05) is 51.7 Å². The molecule has 0 rings (SSSR count). The van der Waals surface area contributed by atoms with Gasteiger partial charge in [0.2, 0.25) is 0 Å². The average molecular weight is 207 g/mol. The highest BCUT2D eigenvalue weighted by atomic mass is 14.7. The van der Waals surface area contributed by atoms with E-state index in [4.69, 9.17) is 0 Å². The van der Waals surface area contributed by atoms with Crippen molar-refractivity contribution >= 4 is 5.87 Å². The van der Waals surface area contributed by atoms with E-state index in [1.54, 1.807) is 0 Å². The van der Waals surface area contributed by atoms with E-state index in [9.17, 15) is 0 Å². The van der Waals surface area contributed by atoms with Gasteiger partial charge in [-0.25, -0.2) is 4.99 Å². The van der Waals surface area contributed by atoms with Gasteiger partial charge < -0.3 is 0 Å². The van der Waals surface area contributed by atoms with E-state index in [0.717, 1.165) is 6.42 Å². The molecule has 1 heteroatoms. The molecule has 0 amide bonds. The van der Waals surface area contributed by atoms with Crippen molar-refractivity contribution in [2.45, 2.75) is 71.8 Å². The van der Waals surface area contributed by atoms with Crippen LogP contribution in [-0.4, -0.2) is 11.9 Å². The van der Waals surface area contributed by atoms with Crippen LogP contribution in [0.15, 0.2) is 16.8 Å². The Labute approximate surface area is 95.0 Å². The van der Waals surface area contributed by atoms with Crippen LogP contribution in [0.1, 0.15) is 65.7 Å². The third kappa shape index (κ3) is 11.2. The van der Waals surface area contributed by atoms with Gasteiger partial charge in [-0.3, -0.25) is 0 Å². The van der Waals surface area contributed by atoms with Crippen molar-refractivity contribution in [1.29, 1.82) is 0 Å². The minimum atomic E-state index is 0.407. The third-order valence-electron chi connectivity index (χ3n) is 2.36. The number of hydrogen-bond acceptors (Lipinski definition) is 1. The van der Waals surface area contributed by atoms with Crippen LogP contribution >= 0.6 is 0 Å². The molecule has 0 heterocycles. The van der Waals surface area contributed by atoms with Crippen LogP contribution in [0.4, 0.5) is 0 Å². The van der Waals surface area contributed by atoms with Gasteiger partial charge in [-0.15, -0.1) is 0 Å². The fourth-order valence-electron chi connectivity index (χ4n) is 1.34. The molecule has 0 aromatic carbocycles. The van der Waals surface area contributed by atoms with Gasteiger partial charge in [0, 0.05) is 5.87 Å². The van der Waals surface area contributed by atoms with Gasteiger partial charge >= 0.3 is 0 Å². The molecular weight excluding hydrogens is 182 g/mol. The Balaban J connectivity index is 3.63. The van der Waals surface area contributed by atoms with Crippen molar-refractivity contribution in [2.24, 2.45) is 4.99 Å². The van der Waals surface area contributed by atoms with E-state index in [0.29, 0.717) is 6.04 Å². The first-order valence-corrected chi connectivity index (χ1v) is 6.33. The first kappa shape index (κ1) is 14.2. The Hall–Kier alpha value is -0.770. The molecule has 1 atom stereocenters. The lowest BCUT2D eigenvalue weighted by atomic mass is 10.1. The largest absolute Gasteiger partial charge is 0.232 e. The van der Waals surface area contributed by atoms with Crippen molar-refractivity contribution in [3.63, 3.8) is 0 Å². The zero-order valence-corrected chi connectivity index (χ0v) is 10.6. The highest BCUT2D eigenvalue weighted by Gasteiger charge is 1.96. The van der Waals surface area contributed by atoms with Crippen LogP contribution < -0.4 is 0 Å². The summed E-state index contributed by atoms with van der Waals surface area (Å²) in [6, 6.07) is 0.407. The van der Waals surface area contributed by atoms with E-state index in [1.165, 1.54) is 38.5 Å². The predicted molar refractivity (Wildman–Crippen MR) is 68.6 cm³/mol. The standard InChI is InChI=1S/C14H25N/c1-4-6-8-10-12-14(3)15-13-11-9-7-5-2/h9,14H,4-8,10,12H2,1-3H3/t14-/m1/s1. The summed E-state index contributed by atoms with van der Waals surface area (Å²) >= 11 is 0. The maximum absolute atomic E-state index is 4.30. The number of rotatable bonds is 8. The first-order valence-electron chi connectivity index (χ1n) is 6.33. The summed E-state index contributed by atoms with van der Waals surface area (Å²) < 4.78 is 0. The van der Waals surface area contributed by atoms with Crippen molar-refractivity contribution in [2.75, 3.05) is 0 Å². The topological polar surface area (TPSA) is 12.4 Å². The summed E-state index contributed by atoms with van der Waals surface area (Å²) in [7, 11) is 0. The summed E-state index contributed by atoms with van der Waals surface area (Å²) in [6.07, 6.45) is 10.7. The van der Waals surface area contributed by atoms with Crippen molar-refractivity contribution in [1.82, 2.24) is 0 Å². The summed E-state index contributed by atoms with van der Waals surface area (Å²) in [5.74, 6) is 2.88. The summed E-state index contributed by atoms with van der Waals surface area (Å²) in [5.41, 5.74) is 2.98. The summed E-state index contributed by atoms with van der Waals surface area (Å²) in [6.45, 7) is 6.55. The Kier molecular flexibility index (Phi) is 10.7. The van der Waals surface area contributed by atoms with E-state index < -0.39 is 0 Å². The highest BCUT2D eigenvalue weighted by molar-refractivity contribution is 5.50. The van der Waals surface area contributed by atoms with Crippen LogP contribution in [-0.2, 0) is 0 Å². The van der Waals surface area contributed by atoms with Gasteiger partial charge in [-0.2, -0.15) is 0 Å². The number of hydrogen-bond donors (Lipinski definition) is 0. The molecule has 0 aliphatic heterocycles. The van der Waals surface area contributed by atoms with Crippen LogP contribution in [0.2, 0.25) is 0 Å². The lowest BCUT2D eigenvalue weighted by Crippen LogP contribution is -1.96. The fourth-order valence-corrected chi connectivity index (χ4v) is 1.34. The van der Waals surface area contributed by atoms with Gasteiger partial charge in [0.1, 0.15) is 0 Å². The predicted octanol–water partition coefficient (Wildman–Crippen LogP) is 4.53. The van der Waals surface area contributed by atoms with E-state index in [-0.39, 0.29) is 0 Å².